The number of amides is 1. The van der Waals surface area contributed by atoms with Crippen molar-refractivity contribution in [3.8, 4) is 17.2 Å². The van der Waals surface area contributed by atoms with Crippen molar-refractivity contribution >= 4 is 57.3 Å². The van der Waals surface area contributed by atoms with E-state index >= 15 is 0 Å². The molecule has 0 spiro atoms. The van der Waals surface area contributed by atoms with Crippen LogP contribution in [0, 0.1) is 5.92 Å². The molecule has 0 unspecified atom stereocenters. The second kappa shape index (κ2) is 14.6. The number of carbonyl (C=O) groups is 2. The minimum Gasteiger partial charge on any atom is -0.507 e. The monoisotopic (exact) mass is 705 g/mol. The van der Waals surface area contributed by atoms with Gasteiger partial charge in [-0.1, -0.05) is 66.7 Å². The van der Waals surface area contributed by atoms with Crippen LogP contribution in [-0.4, -0.2) is 46.3 Å². The quantitative estimate of drug-likeness (QED) is 0.0512. The third-order valence-electron chi connectivity index (χ3n) is 8.03. The number of nitrogens with zero attached hydrogens (tertiary/aromatic N) is 3. The van der Waals surface area contributed by atoms with Crippen molar-refractivity contribution in [3.05, 3.63) is 93.5 Å². The van der Waals surface area contributed by atoms with Crippen molar-refractivity contribution in [1.29, 1.82) is 0 Å². The van der Waals surface area contributed by atoms with E-state index in [2.05, 4.69) is 24.0 Å². The highest BCUT2D eigenvalue weighted by Crippen LogP contribution is 2.46. The van der Waals surface area contributed by atoms with Crippen LogP contribution in [0.5, 0.6) is 17.2 Å². The van der Waals surface area contributed by atoms with Crippen LogP contribution in [0.15, 0.2) is 70.6 Å². The molecule has 1 saturated heterocycles. The maximum absolute atomic E-state index is 13.9. The third kappa shape index (κ3) is 7.18. The van der Waals surface area contributed by atoms with Gasteiger partial charge in [0.2, 0.25) is 5.13 Å². The molecule has 2 aliphatic heterocycles. The lowest BCUT2D eigenvalue weighted by Gasteiger charge is -2.24. The summed E-state index contributed by atoms with van der Waals surface area (Å²) in [5.41, 5.74) is 2.90. The van der Waals surface area contributed by atoms with Crippen LogP contribution in [0.2, 0.25) is 5.02 Å². The Hall–Kier alpha value is -4.06. The number of hydrogen-bond acceptors (Lipinski definition) is 10. The molecule has 0 aliphatic carbocycles. The zero-order valence-corrected chi connectivity index (χ0v) is 29.5. The van der Waals surface area contributed by atoms with E-state index in [1.807, 2.05) is 44.2 Å². The minimum absolute atomic E-state index is 0.00500. The van der Waals surface area contributed by atoms with Gasteiger partial charge in [-0.3, -0.25) is 14.5 Å². The number of anilines is 1. The molecule has 3 aromatic carbocycles. The van der Waals surface area contributed by atoms with Gasteiger partial charge in [0.05, 0.1) is 24.8 Å². The number of rotatable bonds is 12. The van der Waals surface area contributed by atoms with Gasteiger partial charge in [-0.25, -0.2) is 0 Å². The molecule has 2 aliphatic rings. The van der Waals surface area contributed by atoms with E-state index in [1.165, 1.54) is 28.0 Å². The smallest absolute Gasteiger partial charge is 0.301 e. The van der Waals surface area contributed by atoms with Gasteiger partial charge < -0.3 is 19.3 Å². The Labute approximate surface area is 292 Å². The maximum atomic E-state index is 13.9. The first-order chi connectivity index (χ1) is 23.1. The van der Waals surface area contributed by atoms with Crippen LogP contribution < -0.4 is 19.1 Å². The zero-order valence-electron chi connectivity index (χ0n) is 27.1. The highest BCUT2D eigenvalue weighted by molar-refractivity contribution is 8.00. The van der Waals surface area contributed by atoms with Crippen LogP contribution in [0.25, 0.3) is 5.76 Å². The van der Waals surface area contributed by atoms with E-state index < -0.39 is 17.7 Å². The van der Waals surface area contributed by atoms with E-state index in [-0.39, 0.29) is 22.6 Å². The number of ether oxygens (including phenoxy) is 3. The van der Waals surface area contributed by atoms with Gasteiger partial charge in [0.25, 0.3) is 5.78 Å². The fourth-order valence-corrected chi connectivity index (χ4v) is 7.59. The van der Waals surface area contributed by atoms with Crippen LogP contribution in [0.3, 0.4) is 0 Å². The van der Waals surface area contributed by atoms with Crippen LogP contribution >= 0.6 is 34.7 Å². The molecule has 1 fully saturated rings. The van der Waals surface area contributed by atoms with Crippen molar-refractivity contribution < 1.29 is 28.9 Å². The summed E-state index contributed by atoms with van der Waals surface area (Å²) < 4.78 is 18.5. The van der Waals surface area contributed by atoms with Crippen LogP contribution in [-0.2, 0) is 21.8 Å². The Kier molecular flexibility index (Phi) is 10.3. The van der Waals surface area contributed by atoms with Crippen molar-refractivity contribution in [1.82, 2.24) is 10.2 Å². The first kappa shape index (κ1) is 33.8. The number of fused-ring (bicyclic) bond motifs is 1. The second-order valence-electron chi connectivity index (χ2n) is 12.1. The molecule has 4 aromatic rings. The van der Waals surface area contributed by atoms with Gasteiger partial charge in [-0.05, 0) is 85.3 Å². The molecular formula is C36H36ClN3O6S2. The highest BCUT2D eigenvalue weighted by atomic mass is 35.5. The summed E-state index contributed by atoms with van der Waals surface area (Å²) in [6.45, 7) is 8.99. The van der Waals surface area contributed by atoms with Gasteiger partial charge in [0, 0.05) is 22.8 Å². The van der Waals surface area contributed by atoms with Crippen LogP contribution in [0.4, 0.5) is 5.13 Å². The predicted octanol–water partition coefficient (Wildman–Crippen LogP) is 8.26. The zero-order chi connectivity index (χ0) is 33.9. The lowest BCUT2D eigenvalue weighted by Crippen LogP contribution is -2.29. The molecule has 250 valence electrons. The molecule has 12 heteroatoms. The maximum Gasteiger partial charge on any atom is 0.301 e. The normalized spacial score (nSPS) is 18.3. The van der Waals surface area contributed by atoms with E-state index in [0.29, 0.717) is 63.3 Å². The average Bonchev–Trinajstić information content (AvgIpc) is 3.75. The summed E-state index contributed by atoms with van der Waals surface area (Å²) in [6.07, 6.45) is 1.55. The summed E-state index contributed by atoms with van der Waals surface area (Å²) in [4.78, 5) is 29.0. The average molecular weight is 706 g/mol. The number of benzene rings is 3. The Bertz CT molecular complexity index is 1860. The highest BCUT2D eigenvalue weighted by Gasteiger charge is 2.48. The summed E-state index contributed by atoms with van der Waals surface area (Å²) in [7, 11) is 0. The summed E-state index contributed by atoms with van der Waals surface area (Å²) in [6, 6.07) is 17.2. The van der Waals surface area contributed by atoms with Crippen molar-refractivity contribution in [3.63, 3.8) is 0 Å². The van der Waals surface area contributed by atoms with Crippen molar-refractivity contribution in [2.45, 2.75) is 62.8 Å². The number of halogens is 1. The molecule has 3 heterocycles. The fourth-order valence-electron chi connectivity index (χ4n) is 5.64. The lowest BCUT2D eigenvalue weighted by atomic mass is 9.94. The molecule has 1 amide bonds. The second-order valence-corrected chi connectivity index (χ2v) is 14.7. The number of aliphatic hydroxyl groups excluding tert-OH is 1. The Morgan fingerprint density at radius 2 is 1.88 bits per heavy atom. The molecule has 0 saturated carbocycles. The van der Waals surface area contributed by atoms with Gasteiger partial charge in [-0.2, -0.15) is 0 Å². The first-order valence-corrected chi connectivity index (χ1v) is 18.0. The van der Waals surface area contributed by atoms with Crippen molar-refractivity contribution in [2.24, 2.45) is 5.92 Å². The molecule has 1 aromatic heterocycles. The number of aliphatic hydroxyl groups is 1. The molecule has 0 bridgehead atoms. The fraction of sp³-hybridized carbons (Fsp3) is 0.333. The number of Topliss-reactive ketones (excluding diaryl/α,β-unsaturated/α-hetero) is 1. The topological polar surface area (TPSA) is 111 Å². The Balaban J connectivity index is 1.40. The first-order valence-electron chi connectivity index (χ1n) is 15.8. The van der Waals surface area contributed by atoms with E-state index in [0.717, 1.165) is 23.3 Å². The van der Waals surface area contributed by atoms with Gasteiger partial charge >= 0.3 is 5.91 Å². The van der Waals surface area contributed by atoms with Crippen molar-refractivity contribution in [2.75, 3.05) is 18.1 Å². The number of thioether (sulfide) groups is 1. The molecule has 1 N–H and O–H groups in total. The van der Waals surface area contributed by atoms with Gasteiger partial charge in [0.15, 0.2) is 15.8 Å². The van der Waals surface area contributed by atoms with E-state index in [9.17, 15) is 14.7 Å². The number of aromatic nitrogens is 2. The largest absolute Gasteiger partial charge is 0.507 e. The number of hydrogen-bond donors (Lipinski definition) is 1. The number of ketones is 1. The summed E-state index contributed by atoms with van der Waals surface area (Å²) in [5, 5.41) is 21.3. The molecule has 2 atom stereocenters. The molecule has 48 heavy (non-hydrogen) atoms. The third-order valence-corrected chi connectivity index (χ3v) is 10.4. The predicted molar refractivity (Wildman–Crippen MR) is 189 cm³/mol. The standard InChI is InChI=1S/C36H36ClN3O6S2/c1-5-44-29-18-23(8-13-28(29)45-15-14-20(2)3)31-30(32(41)24-9-12-27-25(17-24)16-21(4)46-27)33(42)34(43)40(31)35-38-39-36(48-35)47-19-22-6-10-26(37)11-7-22/h6-13,17-18,20-21,31,41H,5,14-16,19H2,1-4H3/t21-,31+/m1/s1. The van der Waals surface area contributed by atoms with Crippen LogP contribution in [0.1, 0.15) is 62.4 Å². The Morgan fingerprint density at radius 1 is 1.08 bits per heavy atom. The van der Waals surface area contributed by atoms with E-state index in [4.69, 9.17) is 25.8 Å². The summed E-state index contributed by atoms with van der Waals surface area (Å²) in [5.74, 6) is 0.957. The SMILES string of the molecule is CCOc1cc([C@H]2C(=C(O)c3ccc4c(c3)C[C@@H](C)O4)C(=O)C(=O)N2c2nnc(SCc3ccc(Cl)cc3)s2)ccc1OCCC(C)C. The minimum atomic E-state index is -1.00. The lowest BCUT2D eigenvalue weighted by molar-refractivity contribution is -0.132. The Morgan fingerprint density at radius 3 is 2.62 bits per heavy atom. The van der Waals surface area contributed by atoms with E-state index in [1.54, 1.807) is 30.3 Å². The molecule has 0 radical (unpaired) electrons. The molecular weight excluding hydrogens is 670 g/mol. The molecule has 6 rings (SSSR count). The van der Waals surface area contributed by atoms with Gasteiger partial charge in [0.1, 0.15) is 17.6 Å². The van der Waals surface area contributed by atoms with Gasteiger partial charge in [-0.15, -0.1) is 10.2 Å². The number of carbonyl (C=O) groups excluding carboxylic acids is 2. The summed E-state index contributed by atoms with van der Waals surface area (Å²) >= 11 is 8.70. The molecule has 9 nitrogen and oxygen atoms in total.